The van der Waals surface area contributed by atoms with Crippen LogP contribution in [0.5, 0.6) is 0 Å². The number of nitrogens with zero attached hydrogens (tertiary/aromatic N) is 4. The number of likely N-dealkylation sites (tertiary alicyclic amines) is 1. The Kier molecular flexibility index (Phi) is 4.42. The zero-order valence-corrected chi connectivity index (χ0v) is 14.6. The van der Waals surface area contributed by atoms with E-state index < -0.39 is 0 Å². The first kappa shape index (κ1) is 16.1. The van der Waals surface area contributed by atoms with Gasteiger partial charge in [0.05, 0.1) is 12.2 Å². The van der Waals surface area contributed by atoms with Crippen LogP contribution in [0.3, 0.4) is 0 Å². The van der Waals surface area contributed by atoms with E-state index in [0.29, 0.717) is 17.9 Å². The molecule has 1 atom stereocenters. The molecule has 3 heterocycles. The van der Waals surface area contributed by atoms with Gasteiger partial charge in [-0.15, -0.1) is 0 Å². The molecular weight excluding hydrogens is 314 g/mol. The fourth-order valence-corrected chi connectivity index (χ4v) is 3.76. The van der Waals surface area contributed by atoms with Gasteiger partial charge in [0.2, 0.25) is 0 Å². The maximum Gasteiger partial charge on any atom is 0.322 e. The summed E-state index contributed by atoms with van der Waals surface area (Å²) in [6, 6.07) is 6.39. The number of hydrogen-bond donors (Lipinski definition) is 1. The SMILES string of the molecule is C[C@@H](C1CC1)n1nccc1NC(=O)N1CCC(c2ccncc2)CC1. The largest absolute Gasteiger partial charge is 0.324 e. The summed E-state index contributed by atoms with van der Waals surface area (Å²) in [5, 5.41) is 7.46. The number of hydrogen-bond acceptors (Lipinski definition) is 3. The van der Waals surface area contributed by atoms with Gasteiger partial charge in [-0.3, -0.25) is 10.3 Å². The summed E-state index contributed by atoms with van der Waals surface area (Å²) in [5.74, 6) is 2.03. The Morgan fingerprint density at radius 3 is 2.52 bits per heavy atom. The maximum absolute atomic E-state index is 12.6. The van der Waals surface area contributed by atoms with Crippen LogP contribution in [-0.2, 0) is 0 Å². The highest BCUT2D eigenvalue weighted by Crippen LogP contribution is 2.40. The minimum atomic E-state index is -0.0158. The molecule has 2 fully saturated rings. The van der Waals surface area contributed by atoms with Crippen LogP contribution in [0, 0.1) is 5.92 Å². The third-order valence-electron chi connectivity index (χ3n) is 5.55. The number of nitrogens with one attached hydrogen (secondary N) is 1. The Bertz CT molecular complexity index is 716. The Morgan fingerprint density at radius 1 is 1.12 bits per heavy atom. The summed E-state index contributed by atoms with van der Waals surface area (Å²) in [4.78, 5) is 18.6. The second kappa shape index (κ2) is 6.86. The molecule has 1 N–H and O–H groups in total. The van der Waals surface area contributed by atoms with Gasteiger partial charge in [-0.1, -0.05) is 0 Å². The van der Waals surface area contributed by atoms with Crippen molar-refractivity contribution in [3.63, 3.8) is 0 Å². The van der Waals surface area contributed by atoms with Crippen LogP contribution in [0.4, 0.5) is 10.6 Å². The number of carbonyl (C=O) groups excluding carboxylic acids is 1. The Hall–Kier alpha value is -2.37. The summed E-state index contributed by atoms with van der Waals surface area (Å²) < 4.78 is 1.96. The molecule has 1 saturated carbocycles. The molecule has 0 radical (unpaired) electrons. The molecule has 6 nitrogen and oxygen atoms in total. The van der Waals surface area contributed by atoms with Crippen molar-refractivity contribution < 1.29 is 4.79 Å². The smallest absolute Gasteiger partial charge is 0.322 e. The van der Waals surface area contributed by atoms with Crippen LogP contribution in [0.1, 0.15) is 50.1 Å². The standard InChI is InChI=1S/C19H25N5O/c1-14(15-2-3-15)24-18(6-11-21-24)22-19(25)23-12-7-17(8-13-23)16-4-9-20-10-5-16/h4-6,9-11,14-15,17H,2-3,7-8,12-13H2,1H3,(H,22,25)/t14-/m0/s1. The topological polar surface area (TPSA) is 63.1 Å². The number of amides is 2. The van der Waals surface area contributed by atoms with Gasteiger partial charge >= 0.3 is 6.03 Å². The molecule has 1 saturated heterocycles. The first-order valence-electron chi connectivity index (χ1n) is 9.21. The van der Waals surface area contributed by atoms with Crippen LogP contribution in [0.25, 0.3) is 0 Å². The van der Waals surface area contributed by atoms with Crippen molar-refractivity contribution in [2.45, 2.75) is 44.6 Å². The lowest BCUT2D eigenvalue weighted by molar-refractivity contribution is 0.194. The van der Waals surface area contributed by atoms with Crippen molar-refractivity contribution in [1.82, 2.24) is 19.7 Å². The number of piperidine rings is 1. The maximum atomic E-state index is 12.6. The molecule has 132 valence electrons. The molecule has 0 spiro atoms. The quantitative estimate of drug-likeness (QED) is 0.924. The summed E-state index contributed by atoms with van der Waals surface area (Å²) in [5.41, 5.74) is 1.33. The van der Waals surface area contributed by atoms with Gasteiger partial charge in [-0.05, 0) is 62.1 Å². The van der Waals surface area contributed by atoms with Crippen molar-refractivity contribution >= 4 is 11.8 Å². The first-order valence-corrected chi connectivity index (χ1v) is 9.21. The third-order valence-corrected chi connectivity index (χ3v) is 5.55. The predicted octanol–water partition coefficient (Wildman–Crippen LogP) is 3.66. The van der Waals surface area contributed by atoms with Crippen molar-refractivity contribution in [1.29, 1.82) is 0 Å². The number of urea groups is 1. The number of anilines is 1. The lowest BCUT2D eigenvalue weighted by atomic mass is 9.90. The lowest BCUT2D eigenvalue weighted by Gasteiger charge is -2.32. The van der Waals surface area contributed by atoms with E-state index in [1.165, 1.54) is 18.4 Å². The van der Waals surface area contributed by atoms with Gasteiger partial charge in [-0.25, -0.2) is 9.48 Å². The molecular formula is C19H25N5O. The molecule has 2 aromatic heterocycles. The zero-order chi connectivity index (χ0) is 17.2. The molecule has 1 aliphatic carbocycles. The predicted molar refractivity (Wildman–Crippen MR) is 96.5 cm³/mol. The Morgan fingerprint density at radius 2 is 1.84 bits per heavy atom. The second-order valence-electron chi connectivity index (χ2n) is 7.21. The van der Waals surface area contributed by atoms with Gasteiger partial charge in [0.1, 0.15) is 5.82 Å². The molecule has 25 heavy (non-hydrogen) atoms. The van der Waals surface area contributed by atoms with Crippen molar-refractivity contribution in [3.05, 3.63) is 42.4 Å². The molecule has 4 rings (SSSR count). The second-order valence-corrected chi connectivity index (χ2v) is 7.21. The summed E-state index contributed by atoms with van der Waals surface area (Å²) >= 11 is 0. The molecule has 1 aliphatic heterocycles. The summed E-state index contributed by atoms with van der Waals surface area (Å²) in [7, 11) is 0. The number of aromatic nitrogens is 3. The fourth-order valence-electron chi connectivity index (χ4n) is 3.76. The highest BCUT2D eigenvalue weighted by atomic mass is 16.2. The summed E-state index contributed by atoms with van der Waals surface area (Å²) in [6.45, 7) is 3.75. The molecule has 2 aliphatic rings. The van der Waals surface area contributed by atoms with E-state index in [-0.39, 0.29) is 6.03 Å². The molecule has 6 heteroatoms. The van der Waals surface area contributed by atoms with E-state index in [9.17, 15) is 4.79 Å². The number of carbonyl (C=O) groups is 1. The Labute approximate surface area is 148 Å². The van der Waals surface area contributed by atoms with Crippen molar-refractivity contribution in [3.8, 4) is 0 Å². The van der Waals surface area contributed by atoms with E-state index in [4.69, 9.17) is 0 Å². The third kappa shape index (κ3) is 3.52. The van der Waals surface area contributed by atoms with Gasteiger partial charge in [-0.2, -0.15) is 5.10 Å². The van der Waals surface area contributed by atoms with Crippen LogP contribution >= 0.6 is 0 Å². The van der Waals surface area contributed by atoms with Gasteiger partial charge in [0.15, 0.2) is 0 Å². The van der Waals surface area contributed by atoms with Gasteiger partial charge in [0.25, 0.3) is 0 Å². The van der Waals surface area contributed by atoms with E-state index in [2.05, 4.69) is 34.5 Å². The Balaban J connectivity index is 1.35. The van der Waals surface area contributed by atoms with Crippen molar-refractivity contribution in [2.24, 2.45) is 5.92 Å². The molecule has 0 aromatic carbocycles. The normalized spacial score (nSPS) is 19.6. The van der Waals surface area contributed by atoms with Gasteiger partial charge in [0, 0.05) is 31.5 Å². The van der Waals surface area contributed by atoms with Gasteiger partial charge < -0.3 is 4.90 Å². The average Bonchev–Trinajstić information content (AvgIpc) is 3.41. The molecule has 0 bridgehead atoms. The molecule has 0 unspecified atom stereocenters. The lowest BCUT2D eigenvalue weighted by Crippen LogP contribution is -2.41. The number of pyridine rings is 1. The first-order chi connectivity index (χ1) is 12.2. The average molecular weight is 339 g/mol. The van der Waals surface area contributed by atoms with E-state index in [1.54, 1.807) is 6.20 Å². The van der Waals surface area contributed by atoms with Crippen LogP contribution in [0.15, 0.2) is 36.8 Å². The molecule has 2 amide bonds. The van der Waals surface area contributed by atoms with Crippen molar-refractivity contribution in [2.75, 3.05) is 18.4 Å². The minimum absolute atomic E-state index is 0.0158. The van der Waals surface area contributed by atoms with Crippen LogP contribution < -0.4 is 5.32 Å². The van der Waals surface area contributed by atoms with Crippen LogP contribution in [0.2, 0.25) is 0 Å². The zero-order valence-electron chi connectivity index (χ0n) is 14.6. The highest BCUT2D eigenvalue weighted by Gasteiger charge is 2.31. The highest BCUT2D eigenvalue weighted by molar-refractivity contribution is 5.88. The van der Waals surface area contributed by atoms with E-state index in [0.717, 1.165) is 31.7 Å². The molecule has 2 aromatic rings. The van der Waals surface area contributed by atoms with Crippen LogP contribution in [-0.4, -0.2) is 38.8 Å². The van der Waals surface area contributed by atoms with E-state index in [1.807, 2.05) is 28.0 Å². The fraction of sp³-hybridized carbons (Fsp3) is 0.526. The minimum Gasteiger partial charge on any atom is -0.324 e. The number of rotatable bonds is 4. The van der Waals surface area contributed by atoms with E-state index >= 15 is 0 Å². The summed E-state index contributed by atoms with van der Waals surface area (Å²) in [6.07, 6.45) is 9.97. The monoisotopic (exact) mass is 339 g/mol.